The summed E-state index contributed by atoms with van der Waals surface area (Å²) < 4.78 is 43.2. The van der Waals surface area contributed by atoms with Gasteiger partial charge in [-0.25, -0.2) is 4.79 Å². The predicted molar refractivity (Wildman–Crippen MR) is 217 cm³/mol. The second kappa shape index (κ2) is 17.4. The van der Waals surface area contributed by atoms with Gasteiger partial charge >= 0.3 is 35.8 Å². The number of esters is 6. The van der Waals surface area contributed by atoms with Gasteiger partial charge in [-0.1, -0.05) is 62.0 Å². The van der Waals surface area contributed by atoms with Gasteiger partial charge < -0.3 is 43.2 Å². The van der Waals surface area contributed by atoms with E-state index in [4.69, 9.17) is 33.2 Å². The molecule has 0 spiro atoms. The van der Waals surface area contributed by atoms with Gasteiger partial charge in [0.25, 0.3) is 0 Å². The van der Waals surface area contributed by atoms with Crippen LogP contribution in [0.25, 0.3) is 0 Å². The highest BCUT2D eigenvalue weighted by molar-refractivity contribution is 5.92. The highest BCUT2D eigenvalue weighted by Gasteiger charge is 2.83. The zero-order chi connectivity index (χ0) is 45.5. The van der Waals surface area contributed by atoms with Gasteiger partial charge in [-0.3, -0.25) is 28.8 Å². The zero-order valence-corrected chi connectivity index (χ0v) is 36.2. The number of hydrogen-bond donors (Lipinski definition) is 1. The third-order valence-electron chi connectivity index (χ3n) is 13.5. The molecular formula is C46H55NO15. The number of benzene rings is 2. The molecule has 4 bridgehead atoms. The maximum Gasteiger partial charge on any atom is 0.338 e. The fourth-order valence-electron chi connectivity index (χ4n) is 10.6. The first-order chi connectivity index (χ1) is 29.1. The summed E-state index contributed by atoms with van der Waals surface area (Å²) in [5.41, 5.74) is -7.44. The average Bonchev–Trinajstić information content (AvgIpc) is 3.35. The summed E-state index contributed by atoms with van der Waals surface area (Å²) in [6.45, 7) is 10.6. The number of ketones is 1. The van der Waals surface area contributed by atoms with Crippen molar-refractivity contribution in [3.63, 3.8) is 0 Å². The Hall–Kier alpha value is -5.45. The fourth-order valence-corrected chi connectivity index (χ4v) is 10.6. The molecular weight excluding hydrogens is 806 g/mol. The van der Waals surface area contributed by atoms with E-state index in [2.05, 4.69) is 6.58 Å². The third-order valence-corrected chi connectivity index (χ3v) is 13.5. The van der Waals surface area contributed by atoms with E-state index in [1.54, 1.807) is 25.1 Å². The summed E-state index contributed by atoms with van der Waals surface area (Å²) in [6.07, 6.45) is -9.27. The second-order valence-electron chi connectivity index (χ2n) is 17.4. The average molecular weight is 862 g/mol. The van der Waals surface area contributed by atoms with Crippen LogP contribution in [-0.2, 0) is 61.9 Å². The van der Waals surface area contributed by atoms with Crippen molar-refractivity contribution in [1.82, 2.24) is 4.90 Å². The molecule has 1 aliphatic heterocycles. The van der Waals surface area contributed by atoms with Crippen molar-refractivity contribution >= 4 is 41.6 Å². The molecule has 334 valence electrons. The number of ether oxygens (including phenoxy) is 7. The van der Waals surface area contributed by atoms with E-state index in [0.29, 0.717) is 0 Å². The van der Waals surface area contributed by atoms with Crippen LogP contribution in [0, 0.1) is 22.7 Å². The Bertz CT molecular complexity index is 2110. The van der Waals surface area contributed by atoms with Crippen molar-refractivity contribution in [3.8, 4) is 0 Å². The minimum absolute atomic E-state index is 0.0531. The van der Waals surface area contributed by atoms with Crippen molar-refractivity contribution in [2.24, 2.45) is 22.7 Å². The predicted octanol–water partition coefficient (Wildman–Crippen LogP) is 3.87. The minimum atomic E-state index is -2.55. The number of aliphatic hydroxyl groups is 1. The number of hydrogen-bond acceptors (Lipinski definition) is 16. The lowest BCUT2D eigenvalue weighted by Gasteiger charge is -2.65. The van der Waals surface area contributed by atoms with Crippen molar-refractivity contribution in [2.45, 2.75) is 109 Å². The Kier molecular flexibility index (Phi) is 12.9. The summed E-state index contributed by atoms with van der Waals surface area (Å²) in [6, 6.07) is 16.7. The quantitative estimate of drug-likeness (QED) is 0.183. The molecule has 0 aromatic heterocycles. The Morgan fingerprint density at radius 3 is 1.95 bits per heavy atom. The van der Waals surface area contributed by atoms with Crippen LogP contribution in [0.3, 0.4) is 0 Å². The molecule has 4 fully saturated rings. The van der Waals surface area contributed by atoms with E-state index in [9.17, 15) is 38.7 Å². The Morgan fingerprint density at radius 1 is 0.823 bits per heavy atom. The summed E-state index contributed by atoms with van der Waals surface area (Å²) >= 11 is 0. The molecule has 0 amide bonds. The van der Waals surface area contributed by atoms with Gasteiger partial charge in [-0.15, -0.1) is 0 Å². The summed E-state index contributed by atoms with van der Waals surface area (Å²) in [5, 5.41) is 13.5. The highest BCUT2D eigenvalue weighted by atomic mass is 16.6. The van der Waals surface area contributed by atoms with Crippen molar-refractivity contribution < 1.29 is 71.8 Å². The van der Waals surface area contributed by atoms with Crippen molar-refractivity contribution in [1.29, 1.82) is 0 Å². The Morgan fingerprint density at radius 2 is 1.39 bits per heavy atom. The van der Waals surface area contributed by atoms with Gasteiger partial charge in [0.1, 0.15) is 30.5 Å². The molecule has 16 heteroatoms. The van der Waals surface area contributed by atoms with Crippen LogP contribution in [0.2, 0.25) is 0 Å². The van der Waals surface area contributed by atoms with Crippen LogP contribution in [-0.4, -0.2) is 121 Å². The molecule has 1 saturated heterocycles. The SMILES string of the molecule is C=C1[C@@H](OC(=O)C[C@H](c2ccccc2)N(C)C)CC(OC(C)=O)C2(COC(=O)c3ccccc3)[C@@H](OC(C)=O)[C@H](OC(C)=O)[C@]3(O)[C@@]4(C)CO[C@]3(C)C(=O)C[C@H]4[C@@H](OC(C)=O)[C@H]12. The van der Waals surface area contributed by atoms with Crippen LogP contribution >= 0.6 is 0 Å². The maximum atomic E-state index is 14.5. The largest absolute Gasteiger partial charge is 0.462 e. The van der Waals surface area contributed by atoms with Gasteiger partial charge in [0.05, 0.1) is 24.0 Å². The molecule has 4 aliphatic rings. The molecule has 2 aromatic carbocycles. The zero-order valence-electron chi connectivity index (χ0n) is 36.2. The Balaban J connectivity index is 1.63. The van der Waals surface area contributed by atoms with E-state index in [0.717, 1.165) is 33.3 Å². The van der Waals surface area contributed by atoms with Crippen LogP contribution in [0.1, 0.15) is 82.8 Å². The highest BCUT2D eigenvalue weighted by Crippen LogP contribution is 2.67. The molecule has 3 saturated carbocycles. The standard InChI is InChI=1S/C46H55NO15/c1-25-34(62-37(53)21-33(47(8)9)30-16-12-10-13-17-30)22-36(58-26(2)48)45(24-56-42(54)31-18-14-11-15-19-31)38(25)39(59-27(3)49)32-20-35(52)44(7)46(55,43(32,6)23-57-44)41(61-29(5)51)40(45)60-28(4)50/h10-19,32-34,36,38-41,55H,1,20-24H2,2-9H3/t32-,33+,34-,36?,38-,39+,40-,41-,43-,44+,45?,46-/m0/s1. The van der Waals surface area contributed by atoms with E-state index < -0.39 is 119 Å². The molecule has 2 aromatic rings. The lowest BCUT2D eigenvalue weighted by atomic mass is 9.43. The molecule has 16 nitrogen and oxygen atoms in total. The van der Waals surface area contributed by atoms with Gasteiger partial charge in [0.15, 0.2) is 23.6 Å². The van der Waals surface area contributed by atoms with Gasteiger partial charge in [0, 0.05) is 63.8 Å². The Labute approximate surface area is 360 Å². The molecule has 12 atom stereocenters. The molecule has 0 radical (unpaired) electrons. The normalized spacial score (nSPS) is 34.1. The lowest BCUT2D eigenvalue weighted by molar-refractivity contribution is -0.302. The van der Waals surface area contributed by atoms with E-state index >= 15 is 0 Å². The number of nitrogens with zero attached hydrogens (tertiary/aromatic N) is 1. The summed E-state index contributed by atoms with van der Waals surface area (Å²) in [5.74, 6) is -8.52. The third kappa shape index (κ3) is 7.81. The van der Waals surface area contributed by atoms with Gasteiger partial charge in [0.2, 0.25) is 0 Å². The van der Waals surface area contributed by atoms with E-state index in [-0.39, 0.29) is 37.0 Å². The van der Waals surface area contributed by atoms with Crippen molar-refractivity contribution in [2.75, 3.05) is 27.3 Å². The number of Topliss-reactive ketones (excluding diaryl/α,β-unsaturated/α-hetero) is 1. The molecule has 2 unspecified atom stereocenters. The molecule has 1 heterocycles. The molecule has 62 heavy (non-hydrogen) atoms. The topological polar surface area (TPSA) is 208 Å². The number of carbonyl (C=O) groups is 7. The summed E-state index contributed by atoms with van der Waals surface area (Å²) in [4.78, 5) is 98.0. The van der Waals surface area contributed by atoms with Crippen LogP contribution in [0.5, 0.6) is 0 Å². The summed E-state index contributed by atoms with van der Waals surface area (Å²) in [7, 11) is 3.62. The minimum Gasteiger partial charge on any atom is -0.462 e. The van der Waals surface area contributed by atoms with Crippen LogP contribution in [0.15, 0.2) is 72.8 Å². The number of rotatable bonds is 12. The number of carbonyl (C=O) groups excluding carboxylic acids is 7. The molecule has 3 aliphatic carbocycles. The number of fused-ring (bicyclic) bond motifs is 1. The van der Waals surface area contributed by atoms with Gasteiger partial charge in [-0.2, -0.15) is 0 Å². The lowest BCUT2D eigenvalue weighted by Crippen LogP contribution is -2.81. The fraction of sp³-hybridized carbons (Fsp3) is 0.543. The molecule has 1 N–H and O–H groups in total. The van der Waals surface area contributed by atoms with Crippen molar-refractivity contribution in [3.05, 3.63) is 83.9 Å². The monoisotopic (exact) mass is 861 g/mol. The second-order valence-corrected chi connectivity index (χ2v) is 17.4. The van der Waals surface area contributed by atoms with E-state index in [1.807, 2.05) is 49.3 Å². The van der Waals surface area contributed by atoms with Gasteiger partial charge in [-0.05, 0) is 44.3 Å². The first kappa shape index (κ1) is 46.1. The first-order valence-electron chi connectivity index (χ1n) is 20.5. The smallest absolute Gasteiger partial charge is 0.338 e. The molecule has 6 rings (SSSR count). The first-order valence-corrected chi connectivity index (χ1v) is 20.5. The van der Waals surface area contributed by atoms with E-state index in [1.165, 1.54) is 19.1 Å². The maximum absolute atomic E-state index is 14.5. The van der Waals surface area contributed by atoms with Crippen LogP contribution in [0.4, 0.5) is 0 Å². The van der Waals surface area contributed by atoms with Crippen LogP contribution < -0.4 is 0 Å².